The maximum atomic E-state index is 5.31. The van der Waals surface area contributed by atoms with Gasteiger partial charge in [-0.05, 0) is 52.3 Å². The summed E-state index contributed by atoms with van der Waals surface area (Å²) in [4.78, 5) is 5.31. The molecular formula is C37H45Cl3CrN2OP+. The maximum absolute atomic E-state index is 5.31. The molecule has 1 heterocycles. The molecule has 1 aliphatic heterocycles. The molecule has 0 amide bonds. The number of nitrogens with one attached hydrogen (secondary N) is 1. The summed E-state index contributed by atoms with van der Waals surface area (Å²) in [5.41, 5.74) is 4.76. The van der Waals surface area contributed by atoms with E-state index in [-0.39, 0.29) is 10.8 Å². The van der Waals surface area contributed by atoms with E-state index in [1.165, 1.54) is 28.2 Å². The van der Waals surface area contributed by atoms with Crippen LogP contribution in [0.4, 0.5) is 5.69 Å². The van der Waals surface area contributed by atoms with Gasteiger partial charge >= 0.3 is 41.5 Å². The van der Waals surface area contributed by atoms with Crippen LogP contribution >= 0.6 is 38.2 Å². The summed E-state index contributed by atoms with van der Waals surface area (Å²) >= 11 is -1.62. The van der Waals surface area contributed by atoms with Crippen LogP contribution in [0.5, 0.6) is 0 Å². The number of rotatable bonds is 5. The van der Waals surface area contributed by atoms with Gasteiger partial charge in [0.25, 0.3) is 0 Å². The van der Waals surface area contributed by atoms with E-state index in [9.17, 15) is 0 Å². The average molecular weight is 723 g/mol. The Morgan fingerprint density at radius 1 is 0.733 bits per heavy atom. The van der Waals surface area contributed by atoms with Crippen LogP contribution in [0.15, 0.2) is 114 Å². The topological polar surface area (TPSA) is 33.6 Å². The van der Waals surface area contributed by atoms with Gasteiger partial charge in [-0.1, -0.05) is 127 Å². The molecule has 8 heteroatoms. The summed E-state index contributed by atoms with van der Waals surface area (Å²) in [5.74, 6) is 0.911. The number of aliphatic imine (C=N–C) groups is 1. The van der Waals surface area contributed by atoms with Crippen molar-refractivity contribution in [3.05, 3.63) is 132 Å². The van der Waals surface area contributed by atoms with Crippen molar-refractivity contribution in [2.75, 3.05) is 6.61 Å². The summed E-state index contributed by atoms with van der Waals surface area (Å²) in [5, 5.41) is 6.55. The Bertz CT molecular complexity index is 1400. The van der Waals surface area contributed by atoms with Crippen LogP contribution in [0, 0.1) is 6.61 Å². The third-order valence-corrected chi connectivity index (χ3v) is 9.35. The molecule has 0 atom stereocenters. The van der Waals surface area contributed by atoms with Gasteiger partial charge in [-0.25, -0.2) is 16.7 Å². The summed E-state index contributed by atoms with van der Waals surface area (Å²) in [6.45, 7) is 16.3. The molecular weight excluding hydrogens is 678 g/mol. The van der Waals surface area contributed by atoms with E-state index in [4.69, 9.17) is 39.9 Å². The van der Waals surface area contributed by atoms with Crippen molar-refractivity contribution in [3.8, 4) is 0 Å². The first-order valence-electron chi connectivity index (χ1n) is 15.1. The van der Waals surface area contributed by atoms with Gasteiger partial charge < -0.3 is 4.74 Å². The second-order valence-corrected chi connectivity index (χ2v) is 21.1. The second-order valence-electron chi connectivity index (χ2n) is 12.6. The number of hydrogen-bond donors (Lipinski definition) is 1. The van der Waals surface area contributed by atoms with Crippen molar-refractivity contribution >= 4 is 60.4 Å². The zero-order valence-corrected chi connectivity index (χ0v) is 31.5. The van der Waals surface area contributed by atoms with E-state index in [1.54, 1.807) is 0 Å². The Morgan fingerprint density at radius 2 is 1.24 bits per heavy atom. The Kier molecular flexibility index (Phi) is 15.4. The first-order valence-corrected chi connectivity index (χ1v) is 21.8. The van der Waals surface area contributed by atoms with Gasteiger partial charge in [0.1, 0.15) is 10.6 Å². The Morgan fingerprint density at radius 3 is 1.67 bits per heavy atom. The first kappa shape index (κ1) is 37.6. The molecule has 0 unspecified atom stereocenters. The molecule has 0 aliphatic carbocycles. The van der Waals surface area contributed by atoms with Gasteiger partial charge in [-0.15, -0.1) is 0 Å². The van der Waals surface area contributed by atoms with Crippen LogP contribution in [0.25, 0.3) is 0 Å². The van der Waals surface area contributed by atoms with Crippen LogP contribution in [0.2, 0.25) is 0 Å². The van der Waals surface area contributed by atoms with E-state index in [0.29, 0.717) is 0 Å². The monoisotopic (exact) mass is 721 g/mol. The van der Waals surface area contributed by atoms with Crippen molar-refractivity contribution < 1.29 is 16.1 Å². The first-order chi connectivity index (χ1) is 21.4. The number of halogens is 3. The van der Waals surface area contributed by atoms with E-state index < -0.39 is 19.5 Å². The van der Waals surface area contributed by atoms with Crippen molar-refractivity contribution in [1.29, 1.82) is 0 Å². The standard InChI is InChI=1S/C33H37N2P.C4H7O.3ClH.Cr/c1-32(2,3)26-23-21-25(22-24-26)31(34-30-20-14-13-19-29(30)33(4,5)6)35-36(27-15-9-7-10-16-27)28-17-11-8-12-18-28;1-2-4-5-3-1;;;;/h7-24H,1-6H3,(H,34,35);3H,1-2,4H2;3*1H;/q;-1;;;;+4/p-2. The molecule has 0 spiro atoms. The molecule has 45 heavy (non-hydrogen) atoms. The zero-order chi connectivity index (χ0) is 32.9. The summed E-state index contributed by atoms with van der Waals surface area (Å²) in [7, 11) is 13.5. The molecule has 5 rings (SSSR count). The van der Waals surface area contributed by atoms with E-state index >= 15 is 0 Å². The Labute approximate surface area is 289 Å². The summed E-state index contributed by atoms with van der Waals surface area (Å²) in [6, 6.07) is 38.9. The molecule has 1 saturated heterocycles. The molecule has 3 nitrogen and oxygen atoms in total. The van der Waals surface area contributed by atoms with Gasteiger partial charge in [-0.2, -0.15) is 6.42 Å². The van der Waals surface area contributed by atoms with E-state index in [1.807, 2.05) is 6.61 Å². The number of hydrogen-bond acceptors (Lipinski definition) is 2. The van der Waals surface area contributed by atoms with Gasteiger partial charge in [0.2, 0.25) is 0 Å². The minimum atomic E-state index is -1.62. The molecule has 1 fully saturated rings. The Balaban J connectivity index is 0.000000532. The van der Waals surface area contributed by atoms with Crippen LogP contribution < -0.4 is 15.7 Å². The Hall–Kier alpha value is -1.86. The van der Waals surface area contributed by atoms with Crippen LogP contribution in [-0.2, 0) is 27.0 Å². The minimum absolute atomic E-state index is 0.00601. The van der Waals surface area contributed by atoms with Crippen molar-refractivity contribution in [3.63, 3.8) is 0 Å². The molecule has 1 aliphatic rings. The summed E-state index contributed by atoms with van der Waals surface area (Å²) < 4.78 is 4.82. The van der Waals surface area contributed by atoms with Crippen LogP contribution in [-0.4, -0.2) is 12.4 Å². The van der Waals surface area contributed by atoms with Gasteiger partial charge in [-0.3, -0.25) is 0 Å². The van der Waals surface area contributed by atoms with Crippen molar-refractivity contribution in [2.45, 2.75) is 65.2 Å². The quantitative estimate of drug-likeness (QED) is 0.0963. The zero-order valence-electron chi connectivity index (χ0n) is 27.0. The fourth-order valence-corrected chi connectivity index (χ4v) is 6.78. The van der Waals surface area contributed by atoms with E-state index in [0.717, 1.165) is 30.1 Å². The molecule has 1 N–H and O–H groups in total. The van der Waals surface area contributed by atoms with Gasteiger partial charge in [0.15, 0.2) is 13.9 Å². The third kappa shape index (κ3) is 13.0. The molecule has 0 bridgehead atoms. The fourth-order valence-electron chi connectivity index (χ4n) is 4.67. The molecule has 4 aromatic rings. The predicted molar refractivity (Wildman–Crippen MR) is 197 cm³/mol. The molecule has 0 radical (unpaired) electrons. The number of benzene rings is 4. The fraction of sp³-hybridized carbons (Fsp3) is 0.297. The molecule has 240 valence electrons. The third-order valence-electron chi connectivity index (χ3n) is 7.04. The van der Waals surface area contributed by atoms with Gasteiger partial charge in [0.05, 0.1) is 5.69 Å². The van der Waals surface area contributed by atoms with Crippen molar-refractivity contribution in [1.82, 2.24) is 5.09 Å². The van der Waals surface area contributed by atoms with Gasteiger partial charge in [0, 0.05) is 12.2 Å². The molecule has 0 aromatic heterocycles. The number of para-hydroxylation sites is 1. The second kappa shape index (κ2) is 18.5. The van der Waals surface area contributed by atoms with E-state index in [2.05, 4.69) is 156 Å². The normalized spacial score (nSPS) is 13.5. The van der Waals surface area contributed by atoms with Crippen LogP contribution in [0.3, 0.4) is 0 Å². The summed E-state index contributed by atoms with van der Waals surface area (Å²) in [6.07, 6.45) is 2.38. The number of nitrogens with zero attached hydrogens (tertiary/aromatic N) is 1. The predicted octanol–water partition coefficient (Wildman–Crippen LogP) is 10.8. The molecule has 4 aromatic carbocycles. The van der Waals surface area contributed by atoms with Crippen LogP contribution in [0.1, 0.15) is 71.1 Å². The SMILES string of the molecule is CC(C)(C)c1ccc(C(=Nc2ccccc2C(C)(C)C)N[PH+](c2ccccc2)c2ccccc2)cc1.[CH-]1CCCO1.[Cl][Cr+]([Cl])[Cl]. The van der Waals surface area contributed by atoms with Crippen molar-refractivity contribution in [2.24, 2.45) is 4.99 Å². The molecule has 0 saturated carbocycles. The number of amidine groups is 1. The average Bonchev–Trinajstić information content (AvgIpc) is 3.60. The number of ether oxygens (including phenoxy) is 1.